The molecule has 0 radical (unpaired) electrons. The highest BCUT2D eigenvalue weighted by Crippen LogP contribution is 2.49. The van der Waals surface area contributed by atoms with E-state index in [1.165, 1.54) is 0 Å². The van der Waals surface area contributed by atoms with Crippen LogP contribution in [0.2, 0.25) is 0 Å². The lowest BCUT2D eigenvalue weighted by atomic mass is 9.65. The minimum Gasteiger partial charge on any atom is -0.351 e. The van der Waals surface area contributed by atoms with Crippen molar-refractivity contribution in [1.29, 1.82) is 0 Å². The molecule has 2 aliphatic rings. The first-order valence-corrected chi connectivity index (χ1v) is 7.95. The van der Waals surface area contributed by atoms with E-state index in [0.717, 1.165) is 32.4 Å². The standard InChI is InChI=1S/C16H20N6O/c1-21-8-6-17-13(21)14(23)22-7-3-16(11-22)9-12(10-16)20-15-18-4-2-5-19-15/h2,4-6,8,12H,3,7,9-11H2,1H3,(H,18,19,20). The van der Waals surface area contributed by atoms with Crippen LogP contribution in [0, 0.1) is 5.41 Å². The van der Waals surface area contributed by atoms with Crippen LogP contribution >= 0.6 is 0 Å². The van der Waals surface area contributed by atoms with Gasteiger partial charge in [-0.3, -0.25) is 4.79 Å². The van der Waals surface area contributed by atoms with Crippen LogP contribution in [0.15, 0.2) is 30.9 Å². The summed E-state index contributed by atoms with van der Waals surface area (Å²) in [6.45, 7) is 1.65. The van der Waals surface area contributed by atoms with Crippen molar-refractivity contribution in [2.45, 2.75) is 25.3 Å². The van der Waals surface area contributed by atoms with Crippen molar-refractivity contribution in [2.24, 2.45) is 12.5 Å². The van der Waals surface area contributed by atoms with Gasteiger partial charge in [0.25, 0.3) is 5.91 Å². The van der Waals surface area contributed by atoms with Gasteiger partial charge in [0.1, 0.15) is 0 Å². The maximum absolute atomic E-state index is 12.5. The first-order valence-electron chi connectivity index (χ1n) is 7.95. The average Bonchev–Trinajstić information content (AvgIpc) is 3.14. The average molecular weight is 312 g/mol. The number of aryl methyl sites for hydroxylation is 1. The molecule has 120 valence electrons. The van der Waals surface area contributed by atoms with Gasteiger partial charge in [-0.1, -0.05) is 0 Å². The summed E-state index contributed by atoms with van der Waals surface area (Å²) >= 11 is 0. The molecule has 3 heterocycles. The molecule has 1 saturated heterocycles. The molecule has 7 nitrogen and oxygen atoms in total. The van der Waals surface area contributed by atoms with Gasteiger partial charge in [-0.15, -0.1) is 0 Å². The molecule has 2 fully saturated rings. The van der Waals surface area contributed by atoms with Crippen molar-refractivity contribution in [2.75, 3.05) is 18.4 Å². The Labute approximate surface area is 134 Å². The molecular weight excluding hydrogens is 292 g/mol. The summed E-state index contributed by atoms with van der Waals surface area (Å²) < 4.78 is 1.78. The quantitative estimate of drug-likeness (QED) is 0.925. The number of rotatable bonds is 3. The van der Waals surface area contributed by atoms with Gasteiger partial charge in [-0.2, -0.15) is 0 Å². The fourth-order valence-electron chi connectivity index (χ4n) is 3.80. The Bertz CT molecular complexity index is 706. The predicted molar refractivity (Wildman–Crippen MR) is 84.8 cm³/mol. The van der Waals surface area contributed by atoms with Crippen LogP contribution in [-0.2, 0) is 7.05 Å². The van der Waals surface area contributed by atoms with E-state index in [9.17, 15) is 4.79 Å². The highest BCUT2D eigenvalue weighted by molar-refractivity contribution is 5.91. The zero-order valence-corrected chi connectivity index (χ0v) is 13.1. The second kappa shape index (κ2) is 5.33. The van der Waals surface area contributed by atoms with Crippen LogP contribution in [0.4, 0.5) is 5.95 Å². The van der Waals surface area contributed by atoms with Crippen LogP contribution in [0.1, 0.15) is 29.9 Å². The van der Waals surface area contributed by atoms with E-state index in [2.05, 4.69) is 20.3 Å². The summed E-state index contributed by atoms with van der Waals surface area (Å²) in [6, 6.07) is 2.21. The molecule has 1 saturated carbocycles. The SMILES string of the molecule is Cn1ccnc1C(=O)N1CCC2(CC(Nc3ncccn3)C2)C1. The van der Waals surface area contributed by atoms with Gasteiger partial charge in [0.2, 0.25) is 5.95 Å². The molecule has 1 aliphatic heterocycles. The molecule has 7 heteroatoms. The largest absolute Gasteiger partial charge is 0.351 e. The first kappa shape index (κ1) is 14.2. The topological polar surface area (TPSA) is 75.9 Å². The Hall–Kier alpha value is -2.44. The van der Waals surface area contributed by atoms with Gasteiger partial charge in [0.15, 0.2) is 5.82 Å². The number of anilines is 1. The van der Waals surface area contributed by atoms with Crippen LogP contribution in [-0.4, -0.2) is 49.5 Å². The molecule has 23 heavy (non-hydrogen) atoms. The number of hydrogen-bond acceptors (Lipinski definition) is 5. The summed E-state index contributed by atoms with van der Waals surface area (Å²) in [5.74, 6) is 1.25. The molecule has 1 aliphatic carbocycles. The third kappa shape index (κ3) is 2.56. The molecule has 2 aromatic rings. The Kier molecular flexibility index (Phi) is 3.28. The maximum Gasteiger partial charge on any atom is 0.289 e. The van der Waals surface area contributed by atoms with E-state index in [4.69, 9.17) is 0 Å². The van der Waals surface area contributed by atoms with Gasteiger partial charge >= 0.3 is 0 Å². The Balaban J connectivity index is 1.35. The predicted octanol–water partition coefficient (Wildman–Crippen LogP) is 1.32. The number of carbonyl (C=O) groups is 1. The highest BCUT2D eigenvalue weighted by atomic mass is 16.2. The van der Waals surface area contributed by atoms with Crippen molar-refractivity contribution in [3.8, 4) is 0 Å². The second-order valence-electron chi connectivity index (χ2n) is 6.66. The normalized spacial score (nSPS) is 26.3. The van der Waals surface area contributed by atoms with Crippen LogP contribution in [0.5, 0.6) is 0 Å². The summed E-state index contributed by atoms with van der Waals surface area (Å²) in [6.07, 6.45) is 10.2. The Morgan fingerprint density at radius 2 is 2.04 bits per heavy atom. The molecule has 0 unspecified atom stereocenters. The zero-order valence-electron chi connectivity index (χ0n) is 13.1. The lowest BCUT2D eigenvalue weighted by Gasteiger charge is -2.45. The molecule has 1 spiro atoms. The minimum absolute atomic E-state index is 0.0391. The molecule has 0 atom stereocenters. The van der Waals surface area contributed by atoms with Gasteiger partial charge in [-0.05, 0) is 30.7 Å². The van der Waals surface area contributed by atoms with Gasteiger partial charge in [-0.25, -0.2) is 15.0 Å². The summed E-state index contributed by atoms with van der Waals surface area (Å²) in [4.78, 5) is 27.1. The van der Waals surface area contributed by atoms with E-state index in [1.807, 2.05) is 24.2 Å². The first-order chi connectivity index (χ1) is 11.2. The smallest absolute Gasteiger partial charge is 0.289 e. The fourth-order valence-corrected chi connectivity index (χ4v) is 3.80. The molecule has 1 amide bonds. The van der Waals surface area contributed by atoms with Gasteiger partial charge in [0, 0.05) is 51.0 Å². The van der Waals surface area contributed by atoms with Crippen LogP contribution < -0.4 is 5.32 Å². The lowest BCUT2D eigenvalue weighted by molar-refractivity contribution is 0.0701. The highest BCUT2D eigenvalue weighted by Gasteiger charge is 2.49. The third-order valence-corrected chi connectivity index (χ3v) is 5.00. The number of aromatic nitrogens is 4. The number of nitrogens with zero attached hydrogens (tertiary/aromatic N) is 5. The monoisotopic (exact) mass is 312 g/mol. The van der Waals surface area contributed by atoms with Crippen LogP contribution in [0.3, 0.4) is 0 Å². The van der Waals surface area contributed by atoms with Gasteiger partial charge in [0.05, 0.1) is 0 Å². The van der Waals surface area contributed by atoms with E-state index < -0.39 is 0 Å². The molecule has 1 N–H and O–H groups in total. The number of amides is 1. The van der Waals surface area contributed by atoms with E-state index in [0.29, 0.717) is 17.8 Å². The van der Waals surface area contributed by atoms with E-state index in [-0.39, 0.29) is 11.3 Å². The molecule has 0 aromatic carbocycles. The number of imidazole rings is 1. The fraction of sp³-hybridized carbons (Fsp3) is 0.500. The lowest BCUT2D eigenvalue weighted by Crippen LogP contribution is -2.47. The zero-order chi connectivity index (χ0) is 15.9. The van der Waals surface area contributed by atoms with Crippen molar-refractivity contribution in [3.05, 3.63) is 36.7 Å². The molecular formula is C16H20N6O. The Morgan fingerprint density at radius 1 is 1.26 bits per heavy atom. The molecule has 4 rings (SSSR count). The summed E-state index contributed by atoms with van der Waals surface area (Å²) in [5.41, 5.74) is 0.257. The van der Waals surface area contributed by atoms with Gasteiger partial charge < -0.3 is 14.8 Å². The third-order valence-electron chi connectivity index (χ3n) is 5.00. The number of likely N-dealkylation sites (tertiary alicyclic amines) is 1. The van der Waals surface area contributed by atoms with Crippen molar-refractivity contribution in [1.82, 2.24) is 24.4 Å². The van der Waals surface area contributed by atoms with Crippen molar-refractivity contribution >= 4 is 11.9 Å². The number of carbonyl (C=O) groups excluding carboxylic acids is 1. The summed E-state index contributed by atoms with van der Waals surface area (Å²) in [7, 11) is 1.86. The van der Waals surface area contributed by atoms with Crippen molar-refractivity contribution in [3.63, 3.8) is 0 Å². The van der Waals surface area contributed by atoms with Crippen molar-refractivity contribution < 1.29 is 4.79 Å². The number of nitrogens with one attached hydrogen (secondary N) is 1. The summed E-state index contributed by atoms with van der Waals surface area (Å²) in [5, 5.41) is 3.37. The second-order valence-corrected chi connectivity index (χ2v) is 6.66. The molecule has 2 aromatic heterocycles. The maximum atomic E-state index is 12.5. The van der Waals surface area contributed by atoms with Crippen LogP contribution in [0.25, 0.3) is 0 Å². The Morgan fingerprint density at radius 3 is 2.74 bits per heavy atom. The number of hydrogen-bond donors (Lipinski definition) is 1. The van der Waals surface area contributed by atoms with E-state index in [1.54, 1.807) is 23.2 Å². The van der Waals surface area contributed by atoms with E-state index >= 15 is 0 Å². The minimum atomic E-state index is 0.0391. The molecule has 0 bridgehead atoms.